The van der Waals surface area contributed by atoms with Gasteiger partial charge in [0, 0.05) is 6.54 Å². The summed E-state index contributed by atoms with van der Waals surface area (Å²) in [7, 11) is 0. The largest absolute Gasteiger partial charge is 0.508 e. The molecule has 0 bridgehead atoms. The molecule has 0 unspecified atom stereocenters. The van der Waals surface area contributed by atoms with Gasteiger partial charge >= 0.3 is 0 Å². The fourth-order valence-electron chi connectivity index (χ4n) is 1.94. The number of benzene rings is 2. The van der Waals surface area contributed by atoms with Gasteiger partial charge < -0.3 is 10.4 Å². The molecule has 22 heavy (non-hydrogen) atoms. The van der Waals surface area contributed by atoms with Gasteiger partial charge in [-0.05, 0) is 54.0 Å². The molecule has 114 valence electrons. The lowest BCUT2D eigenvalue weighted by Gasteiger charge is -2.09. The van der Waals surface area contributed by atoms with Crippen molar-refractivity contribution in [2.24, 2.45) is 5.10 Å². The molecule has 2 aromatic rings. The lowest BCUT2D eigenvalue weighted by Crippen LogP contribution is -2.32. The first-order chi connectivity index (χ1) is 10.7. The highest BCUT2D eigenvalue weighted by Gasteiger charge is 2.02. The van der Waals surface area contributed by atoms with Crippen molar-refractivity contribution in [1.82, 2.24) is 10.7 Å². The molecule has 0 spiro atoms. The van der Waals surface area contributed by atoms with Gasteiger partial charge in [0.2, 0.25) is 0 Å². The van der Waals surface area contributed by atoms with Crippen LogP contribution in [0.3, 0.4) is 0 Å². The predicted molar refractivity (Wildman–Crippen MR) is 94.0 cm³/mol. The van der Waals surface area contributed by atoms with E-state index in [1.54, 1.807) is 12.1 Å². The molecule has 4 nitrogen and oxygen atoms in total. The van der Waals surface area contributed by atoms with E-state index in [4.69, 9.17) is 12.2 Å². The quantitative estimate of drug-likeness (QED) is 0.451. The van der Waals surface area contributed by atoms with Crippen molar-refractivity contribution in [3.8, 4) is 5.75 Å². The average molecular weight is 313 g/mol. The van der Waals surface area contributed by atoms with Crippen molar-refractivity contribution in [2.45, 2.75) is 19.9 Å². The third kappa shape index (κ3) is 4.86. The van der Waals surface area contributed by atoms with E-state index in [1.165, 1.54) is 0 Å². The van der Waals surface area contributed by atoms with Crippen molar-refractivity contribution in [3.63, 3.8) is 0 Å². The number of hydrogen-bond donors (Lipinski definition) is 3. The van der Waals surface area contributed by atoms with Crippen LogP contribution < -0.4 is 10.7 Å². The van der Waals surface area contributed by atoms with Gasteiger partial charge in [0.25, 0.3) is 0 Å². The predicted octanol–water partition coefficient (Wildman–Crippen LogP) is 3.17. The average Bonchev–Trinajstić information content (AvgIpc) is 2.56. The smallest absolute Gasteiger partial charge is 0.187 e. The van der Waals surface area contributed by atoms with Gasteiger partial charge in [-0.3, -0.25) is 5.43 Å². The first-order valence-electron chi connectivity index (χ1n) is 7.12. The number of phenolic OH excluding ortho intramolecular Hbond substituents is 1. The van der Waals surface area contributed by atoms with Crippen LogP contribution in [0.15, 0.2) is 59.7 Å². The minimum Gasteiger partial charge on any atom is -0.508 e. The zero-order chi connectivity index (χ0) is 15.8. The normalized spacial score (nSPS) is 11.0. The van der Waals surface area contributed by atoms with Crippen molar-refractivity contribution in [3.05, 3.63) is 65.7 Å². The van der Waals surface area contributed by atoms with Crippen LogP contribution in [0.25, 0.3) is 0 Å². The summed E-state index contributed by atoms with van der Waals surface area (Å²) in [5, 5.41) is 17.2. The standard InChI is InChI=1S/C17H19N3OS/c1-2-16(14-8-10-15(21)11-9-14)19-20-17(22)18-12-13-6-4-3-5-7-13/h3-11,21H,2,12H2,1H3,(H2,18,20,22)/b19-16+. The van der Waals surface area contributed by atoms with Gasteiger partial charge in [-0.15, -0.1) is 0 Å². The van der Waals surface area contributed by atoms with Crippen LogP contribution >= 0.6 is 12.2 Å². The Morgan fingerprint density at radius 2 is 1.77 bits per heavy atom. The van der Waals surface area contributed by atoms with E-state index in [0.29, 0.717) is 11.7 Å². The molecule has 0 heterocycles. The lowest BCUT2D eigenvalue weighted by atomic mass is 10.1. The molecule has 3 N–H and O–H groups in total. The van der Waals surface area contributed by atoms with Gasteiger partial charge in [-0.1, -0.05) is 37.3 Å². The van der Waals surface area contributed by atoms with E-state index < -0.39 is 0 Å². The number of nitrogens with zero attached hydrogens (tertiary/aromatic N) is 1. The Hall–Kier alpha value is -2.40. The molecule has 0 aromatic heterocycles. The summed E-state index contributed by atoms with van der Waals surface area (Å²) in [6.45, 7) is 2.68. The van der Waals surface area contributed by atoms with Crippen LogP contribution in [0.5, 0.6) is 5.75 Å². The molecular weight excluding hydrogens is 294 g/mol. The first-order valence-corrected chi connectivity index (χ1v) is 7.53. The summed E-state index contributed by atoms with van der Waals surface area (Å²) in [6.07, 6.45) is 0.763. The van der Waals surface area contributed by atoms with Crippen LogP contribution in [0.4, 0.5) is 0 Å². The highest BCUT2D eigenvalue weighted by molar-refractivity contribution is 7.80. The van der Waals surface area contributed by atoms with Gasteiger partial charge in [-0.2, -0.15) is 5.10 Å². The van der Waals surface area contributed by atoms with E-state index in [-0.39, 0.29) is 5.75 Å². The molecule has 0 aliphatic carbocycles. The molecule has 0 saturated heterocycles. The molecule has 5 heteroatoms. The summed E-state index contributed by atoms with van der Waals surface area (Å²) >= 11 is 5.22. The number of hydrogen-bond acceptors (Lipinski definition) is 3. The van der Waals surface area contributed by atoms with E-state index in [1.807, 2.05) is 49.4 Å². The van der Waals surface area contributed by atoms with Gasteiger partial charge in [0.1, 0.15) is 5.75 Å². The van der Waals surface area contributed by atoms with Crippen molar-refractivity contribution in [1.29, 1.82) is 0 Å². The molecule has 2 aromatic carbocycles. The Labute approximate surface area is 135 Å². The molecule has 0 atom stereocenters. The monoisotopic (exact) mass is 313 g/mol. The van der Waals surface area contributed by atoms with Crippen LogP contribution in [-0.4, -0.2) is 15.9 Å². The Morgan fingerprint density at radius 3 is 2.41 bits per heavy atom. The number of thiocarbonyl (C=S) groups is 1. The number of nitrogens with one attached hydrogen (secondary N) is 2. The second kappa shape index (κ2) is 8.14. The van der Waals surface area contributed by atoms with Gasteiger partial charge in [0.05, 0.1) is 5.71 Å². The van der Waals surface area contributed by atoms with Crippen molar-refractivity contribution < 1.29 is 5.11 Å². The highest BCUT2D eigenvalue weighted by atomic mass is 32.1. The number of hydrazone groups is 1. The maximum atomic E-state index is 9.32. The summed E-state index contributed by atoms with van der Waals surface area (Å²) in [5.74, 6) is 0.243. The molecule has 2 rings (SSSR count). The molecule has 0 radical (unpaired) electrons. The van der Waals surface area contributed by atoms with E-state index in [9.17, 15) is 5.11 Å². The molecule has 0 aliphatic heterocycles. The Balaban J connectivity index is 1.91. The van der Waals surface area contributed by atoms with E-state index >= 15 is 0 Å². The molecule has 0 amide bonds. The topological polar surface area (TPSA) is 56.7 Å². The third-order valence-electron chi connectivity index (χ3n) is 3.12. The van der Waals surface area contributed by atoms with Crippen LogP contribution in [0.1, 0.15) is 24.5 Å². The first kappa shape index (κ1) is 16.0. The maximum absolute atomic E-state index is 9.32. The SMILES string of the molecule is CC/C(=N\NC(=S)NCc1ccccc1)c1ccc(O)cc1. The minimum atomic E-state index is 0.243. The fourth-order valence-corrected chi connectivity index (χ4v) is 2.06. The second-order valence-corrected chi connectivity index (χ2v) is 5.15. The molecule has 0 fully saturated rings. The highest BCUT2D eigenvalue weighted by Crippen LogP contribution is 2.11. The summed E-state index contributed by atoms with van der Waals surface area (Å²) in [6, 6.07) is 17.0. The third-order valence-corrected chi connectivity index (χ3v) is 3.36. The second-order valence-electron chi connectivity index (χ2n) is 4.74. The zero-order valence-corrected chi connectivity index (χ0v) is 13.2. The number of aromatic hydroxyl groups is 1. The fraction of sp³-hybridized carbons (Fsp3) is 0.176. The summed E-state index contributed by atoms with van der Waals surface area (Å²) in [5.41, 5.74) is 5.86. The van der Waals surface area contributed by atoms with Crippen molar-refractivity contribution >= 4 is 23.0 Å². The van der Waals surface area contributed by atoms with E-state index in [0.717, 1.165) is 23.3 Å². The van der Waals surface area contributed by atoms with Crippen LogP contribution in [0.2, 0.25) is 0 Å². The Bertz CT molecular complexity index is 639. The number of phenols is 1. The summed E-state index contributed by atoms with van der Waals surface area (Å²) < 4.78 is 0. The maximum Gasteiger partial charge on any atom is 0.187 e. The molecular formula is C17H19N3OS. The van der Waals surface area contributed by atoms with Crippen LogP contribution in [0, 0.1) is 0 Å². The van der Waals surface area contributed by atoms with Crippen LogP contribution in [-0.2, 0) is 6.54 Å². The molecule has 0 saturated carbocycles. The Morgan fingerprint density at radius 1 is 1.09 bits per heavy atom. The molecule has 0 aliphatic rings. The Kier molecular flexibility index (Phi) is 5.91. The summed E-state index contributed by atoms with van der Waals surface area (Å²) in [4.78, 5) is 0. The van der Waals surface area contributed by atoms with E-state index in [2.05, 4.69) is 15.8 Å². The van der Waals surface area contributed by atoms with Gasteiger partial charge in [0.15, 0.2) is 5.11 Å². The zero-order valence-electron chi connectivity index (χ0n) is 12.4. The number of rotatable bonds is 5. The minimum absolute atomic E-state index is 0.243. The lowest BCUT2D eigenvalue weighted by molar-refractivity contribution is 0.475. The van der Waals surface area contributed by atoms with Gasteiger partial charge in [-0.25, -0.2) is 0 Å². The van der Waals surface area contributed by atoms with Crippen molar-refractivity contribution in [2.75, 3.05) is 0 Å².